The average molecular weight is 470 g/mol. The van der Waals surface area contributed by atoms with Gasteiger partial charge < -0.3 is 24.0 Å². The molecule has 32 heavy (non-hydrogen) atoms. The van der Waals surface area contributed by atoms with Gasteiger partial charge in [-0.25, -0.2) is 9.37 Å². The molecule has 5 aliphatic rings. The Morgan fingerprint density at radius 1 is 1.31 bits per heavy atom. The van der Waals surface area contributed by atoms with Crippen LogP contribution in [-0.2, 0) is 9.09 Å². The number of benzene rings is 1. The summed E-state index contributed by atoms with van der Waals surface area (Å²) in [5.74, 6) is 0.165. The van der Waals surface area contributed by atoms with Crippen molar-refractivity contribution < 1.29 is 57.9 Å². The molecule has 5 unspecified atom stereocenters. The third-order valence-corrected chi connectivity index (χ3v) is 8.82. The molecule has 2 heterocycles. The smallest absolute Gasteiger partial charge is 0.756 e. The van der Waals surface area contributed by atoms with Crippen LogP contribution in [-0.4, -0.2) is 31.8 Å². The number of fused-ring (bicyclic) bond motifs is 3. The van der Waals surface area contributed by atoms with Crippen molar-refractivity contribution in [3.8, 4) is 11.3 Å². The third-order valence-electron chi connectivity index (χ3n) is 8.31. The van der Waals surface area contributed by atoms with Crippen LogP contribution in [0, 0.1) is 29.0 Å². The molecule has 1 aliphatic heterocycles. The van der Waals surface area contributed by atoms with E-state index in [0.29, 0.717) is 30.7 Å². The molecule has 0 spiro atoms. The van der Waals surface area contributed by atoms with Crippen molar-refractivity contribution in [2.24, 2.45) is 23.2 Å². The first kappa shape index (κ1) is 23.2. The topological polar surface area (TPSA) is 108 Å². The Balaban J connectivity index is 0.00000216. The molecule has 0 amide bonds. The van der Waals surface area contributed by atoms with E-state index in [4.69, 9.17) is 4.52 Å². The maximum atomic E-state index is 14.8. The molecule has 2 N–H and O–H groups in total. The van der Waals surface area contributed by atoms with E-state index in [1.807, 2.05) is 10.6 Å². The summed E-state index contributed by atoms with van der Waals surface area (Å²) >= 11 is 0. The van der Waals surface area contributed by atoms with Gasteiger partial charge in [-0.15, -0.1) is 0 Å². The second kappa shape index (κ2) is 7.99. The number of phosphoric acid groups is 1. The summed E-state index contributed by atoms with van der Waals surface area (Å²) in [4.78, 5) is 24.8. The minimum atomic E-state index is -4.80. The van der Waals surface area contributed by atoms with Crippen molar-refractivity contribution in [2.45, 2.75) is 56.8 Å². The number of rotatable bonds is 5. The fourth-order valence-electron chi connectivity index (χ4n) is 7.47. The van der Waals surface area contributed by atoms with Crippen LogP contribution in [0.15, 0.2) is 30.7 Å². The Hall–Kier alpha value is -0.570. The zero-order valence-electron chi connectivity index (χ0n) is 17.9. The van der Waals surface area contributed by atoms with Gasteiger partial charge in [-0.3, -0.25) is 4.57 Å². The summed E-state index contributed by atoms with van der Waals surface area (Å²) in [5.41, 5.74) is 1.97. The molecule has 4 bridgehead atoms. The number of halogens is 1. The van der Waals surface area contributed by atoms with Crippen LogP contribution in [0.3, 0.4) is 0 Å². The van der Waals surface area contributed by atoms with Gasteiger partial charge in [-0.2, -0.15) is 0 Å². The van der Waals surface area contributed by atoms with E-state index in [9.17, 15) is 23.8 Å². The monoisotopic (exact) mass is 470 g/mol. The van der Waals surface area contributed by atoms with Crippen molar-refractivity contribution in [1.82, 2.24) is 9.55 Å². The number of imidazole rings is 1. The number of aromatic nitrogens is 2. The summed E-state index contributed by atoms with van der Waals surface area (Å²) < 4.78 is 33.2. The van der Waals surface area contributed by atoms with Gasteiger partial charge in [0.15, 0.2) is 0 Å². The van der Waals surface area contributed by atoms with Gasteiger partial charge in [0, 0.05) is 11.1 Å². The number of hydrogen-bond acceptors (Lipinski definition) is 5. The molecule has 7 nitrogen and oxygen atoms in total. The zero-order valence-corrected chi connectivity index (χ0v) is 20.8. The first-order valence-corrected chi connectivity index (χ1v) is 12.4. The average Bonchev–Trinajstić information content (AvgIpc) is 3.27. The van der Waals surface area contributed by atoms with Crippen molar-refractivity contribution in [2.75, 3.05) is 0 Å². The largest absolute Gasteiger partial charge is 1.00 e. The Morgan fingerprint density at radius 2 is 2.03 bits per heavy atom. The van der Waals surface area contributed by atoms with Crippen molar-refractivity contribution in [3.05, 3.63) is 42.1 Å². The molecule has 166 valence electrons. The molecular weight excluding hydrogens is 445 g/mol. The van der Waals surface area contributed by atoms with Crippen LogP contribution in [0.5, 0.6) is 0 Å². The van der Waals surface area contributed by atoms with E-state index in [1.54, 1.807) is 18.6 Å². The molecule has 1 aromatic carbocycles. The van der Waals surface area contributed by atoms with Gasteiger partial charge in [-0.1, -0.05) is 12.1 Å². The van der Waals surface area contributed by atoms with Crippen molar-refractivity contribution in [3.63, 3.8) is 0 Å². The molecule has 2 aromatic rings. The summed E-state index contributed by atoms with van der Waals surface area (Å²) in [6.45, 7) is 0. The van der Waals surface area contributed by atoms with Crippen LogP contribution in [0.2, 0.25) is 0 Å². The van der Waals surface area contributed by atoms with E-state index >= 15 is 0 Å². The molecule has 0 saturated heterocycles. The Morgan fingerprint density at radius 3 is 2.72 bits per heavy atom. The predicted molar refractivity (Wildman–Crippen MR) is 107 cm³/mol. The Kier molecular flexibility index (Phi) is 5.79. The Labute approximate surface area is 207 Å². The molecular formula is C22H25FN2NaO5P. The number of aliphatic hydroxyl groups excluding tert-OH is 1. The first-order chi connectivity index (χ1) is 14.7. The van der Waals surface area contributed by atoms with Crippen LogP contribution < -0.4 is 34.5 Å². The second-order valence-electron chi connectivity index (χ2n) is 10.0. The quantitative estimate of drug-likeness (QED) is 0.471. The van der Waals surface area contributed by atoms with Gasteiger partial charge in [0.25, 0.3) is 7.82 Å². The summed E-state index contributed by atoms with van der Waals surface area (Å²) in [6.07, 6.45) is 6.61. The standard InChI is InChI=1S/C22H26FN2O5P.Na/c23-16-3-1-2-15-18-10-24-11-25(18)17(20(15)16)6-19(26)22-7-12-4-13(8-22)21(14(5-12)9-22)30-31(27,28)29;/h1-3,10-14,17,19,21,26H,4-9H2,(H2,27,28,29);/q;+1/p-1. The fourth-order valence-corrected chi connectivity index (χ4v) is 8.12. The third kappa shape index (κ3) is 3.59. The van der Waals surface area contributed by atoms with Gasteiger partial charge in [0.1, 0.15) is 5.82 Å². The van der Waals surface area contributed by atoms with Crippen LogP contribution in [0.1, 0.15) is 50.1 Å². The van der Waals surface area contributed by atoms with Crippen LogP contribution in [0.25, 0.3) is 11.3 Å². The van der Waals surface area contributed by atoms with E-state index < -0.39 is 20.0 Å². The van der Waals surface area contributed by atoms with Gasteiger partial charge >= 0.3 is 29.6 Å². The van der Waals surface area contributed by atoms with E-state index in [1.165, 1.54) is 6.07 Å². The maximum absolute atomic E-state index is 14.8. The summed E-state index contributed by atoms with van der Waals surface area (Å²) in [6, 6.07) is 4.73. The molecule has 1 aromatic heterocycles. The van der Waals surface area contributed by atoms with Gasteiger partial charge in [-0.05, 0) is 67.8 Å². The second-order valence-corrected chi connectivity index (χ2v) is 11.2. The predicted octanol–water partition coefficient (Wildman–Crippen LogP) is 0.0192. The number of aliphatic hydroxyl groups is 1. The minimum absolute atomic E-state index is 0. The van der Waals surface area contributed by atoms with Gasteiger partial charge in [0.2, 0.25) is 0 Å². The molecule has 5 atom stereocenters. The minimum Gasteiger partial charge on any atom is -0.756 e. The first-order valence-electron chi connectivity index (χ1n) is 10.9. The number of phosphoric ester groups is 1. The fraction of sp³-hybridized carbons (Fsp3) is 0.591. The molecule has 4 saturated carbocycles. The van der Waals surface area contributed by atoms with E-state index in [-0.39, 0.29) is 58.7 Å². The molecule has 10 heteroatoms. The Bertz CT molecular complexity index is 1070. The number of nitrogens with zero attached hydrogens (tertiary/aromatic N) is 2. The molecule has 4 fully saturated rings. The van der Waals surface area contributed by atoms with E-state index in [0.717, 1.165) is 30.5 Å². The molecule has 7 rings (SSSR count). The maximum Gasteiger partial charge on any atom is 1.00 e. The molecule has 0 radical (unpaired) electrons. The summed E-state index contributed by atoms with van der Waals surface area (Å²) in [7, 11) is -4.80. The van der Waals surface area contributed by atoms with Crippen molar-refractivity contribution in [1.29, 1.82) is 0 Å². The number of hydrogen-bond donors (Lipinski definition) is 2. The normalized spacial score (nSPS) is 36.8. The van der Waals surface area contributed by atoms with Crippen LogP contribution in [0.4, 0.5) is 4.39 Å². The van der Waals surface area contributed by atoms with E-state index in [2.05, 4.69) is 4.98 Å². The SMILES string of the molecule is O=P([O-])(O)OC1C2CC3CC1CC(C(O)CC1c4c(F)cccc4-c4cncn41)(C3)C2.[Na+]. The van der Waals surface area contributed by atoms with Crippen LogP contribution >= 0.6 is 7.82 Å². The van der Waals surface area contributed by atoms with Gasteiger partial charge in [0.05, 0.1) is 36.5 Å². The summed E-state index contributed by atoms with van der Waals surface area (Å²) in [5, 5.41) is 11.5. The molecule has 4 aliphatic carbocycles. The zero-order chi connectivity index (χ0) is 21.5. The van der Waals surface area contributed by atoms with Crippen molar-refractivity contribution >= 4 is 7.82 Å².